The standard InChI is InChI=1S/C28H20Cl2I2N2O2/c29-22-12-11-21(23(30)15-22)17-36-27-24(31)13-18(14-25(27)32)16-33-34-28(35)26(19-7-3-1-4-8-19)20-9-5-2-6-10-20/h1-16,26H,17H2,(H,34,35)/b33-16+. The minimum Gasteiger partial charge on any atom is -0.487 e. The van der Waals surface area contributed by atoms with Crippen molar-refractivity contribution in [1.82, 2.24) is 5.43 Å². The molecular formula is C28H20Cl2I2N2O2. The Morgan fingerprint density at radius 1 is 0.889 bits per heavy atom. The molecule has 0 aromatic heterocycles. The van der Waals surface area contributed by atoms with Gasteiger partial charge >= 0.3 is 0 Å². The predicted octanol–water partition coefficient (Wildman–Crippen LogP) is 8.06. The number of nitrogens with zero attached hydrogens (tertiary/aromatic N) is 1. The Morgan fingerprint density at radius 2 is 1.47 bits per heavy atom. The van der Waals surface area contributed by atoms with Crippen LogP contribution in [0.4, 0.5) is 0 Å². The zero-order valence-corrected chi connectivity index (χ0v) is 24.6. The fraction of sp³-hybridized carbons (Fsp3) is 0.0714. The molecule has 0 saturated heterocycles. The van der Waals surface area contributed by atoms with Crippen molar-refractivity contribution < 1.29 is 9.53 Å². The lowest BCUT2D eigenvalue weighted by atomic mass is 9.91. The number of hydrogen-bond acceptors (Lipinski definition) is 3. The van der Waals surface area contributed by atoms with Crippen LogP contribution >= 0.6 is 68.4 Å². The van der Waals surface area contributed by atoms with E-state index < -0.39 is 5.92 Å². The summed E-state index contributed by atoms with van der Waals surface area (Å²) in [5, 5.41) is 5.39. The second kappa shape index (κ2) is 12.9. The summed E-state index contributed by atoms with van der Waals surface area (Å²) in [4.78, 5) is 13.1. The van der Waals surface area contributed by atoms with Crippen LogP contribution in [0.2, 0.25) is 10.0 Å². The zero-order valence-electron chi connectivity index (χ0n) is 18.8. The predicted molar refractivity (Wildman–Crippen MR) is 163 cm³/mol. The first-order chi connectivity index (χ1) is 17.4. The average Bonchev–Trinajstić information content (AvgIpc) is 2.86. The molecule has 36 heavy (non-hydrogen) atoms. The lowest BCUT2D eigenvalue weighted by Gasteiger charge is -2.16. The Bertz CT molecular complexity index is 1320. The van der Waals surface area contributed by atoms with Crippen molar-refractivity contribution >= 4 is 80.5 Å². The minimum atomic E-state index is -0.458. The Kier molecular flexibility index (Phi) is 9.64. The van der Waals surface area contributed by atoms with E-state index in [4.69, 9.17) is 27.9 Å². The van der Waals surface area contributed by atoms with Crippen molar-refractivity contribution in [2.24, 2.45) is 5.10 Å². The van der Waals surface area contributed by atoms with Gasteiger partial charge in [-0.05, 0) is 86.1 Å². The molecule has 8 heteroatoms. The molecule has 0 aliphatic carbocycles. The summed E-state index contributed by atoms with van der Waals surface area (Å²) in [5.74, 6) is 0.102. The van der Waals surface area contributed by atoms with E-state index in [9.17, 15) is 4.79 Å². The van der Waals surface area contributed by atoms with E-state index in [0.29, 0.717) is 16.7 Å². The van der Waals surface area contributed by atoms with Gasteiger partial charge in [-0.1, -0.05) is 89.9 Å². The summed E-state index contributed by atoms with van der Waals surface area (Å²) in [7, 11) is 0. The molecule has 0 atom stereocenters. The number of amides is 1. The third-order valence-electron chi connectivity index (χ3n) is 5.32. The number of rotatable bonds is 8. The molecule has 0 heterocycles. The summed E-state index contributed by atoms with van der Waals surface area (Å²) < 4.78 is 7.89. The first kappa shape index (κ1) is 26.9. The van der Waals surface area contributed by atoms with Crippen LogP contribution in [0.1, 0.15) is 28.2 Å². The van der Waals surface area contributed by atoms with Crippen LogP contribution in [-0.2, 0) is 11.4 Å². The number of halogens is 4. The normalized spacial score (nSPS) is 11.1. The number of ether oxygens (including phenoxy) is 1. The first-order valence-corrected chi connectivity index (χ1v) is 13.8. The van der Waals surface area contributed by atoms with Crippen molar-refractivity contribution in [3.63, 3.8) is 0 Å². The minimum absolute atomic E-state index is 0.201. The molecule has 1 amide bonds. The van der Waals surface area contributed by atoms with Crippen molar-refractivity contribution in [3.05, 3.63) is 130 Å². The molecule has 0 radical (unpaired) electrons. The molecule has 1 N–H and O–H groups in total. The largest absolute Gasteiger partial charge is 0.487 e. The van der Waals surface area contributed by atoms with Gasteiger partial charge in [0.05, 0.1) is 19.3 Å². The van der Waals surface area contributed by atoms with Crippen molar-refractivity contribution in [2.45, 2.75) is 12.5 Å². The average molecular weight is 741 g/mol. The SMILES string of the molecule is O=C(N/N=C/c1cc(I)c(OCc2ccc(Cl)cc2Cl)c(I)c1)C(c1ccccc1)c1ccccc1. The molecule has 4 aromatic carbocycles. The molecule has 0 bridgehead atoms. The summed E-state index contributed by atoms with van der Waals surface area (Å²) in [6, 6.07) is 28.6. The van der Waals surface area contributed by atoms with Crippen LogP contribution in [0.5, 0.6) is 5.75 Å². The third-order valence-corrected chi connectivity index (χ3v) is 7.51. The molecule has 4 rings (SSSR count). The second-order valence-electron chi connectivity index (χ2n) is 7.83. The molecule has 182 valence electrons. The quantitative estimate of drug-likeness (QED) is 0.113. The maximum Gasteiger partial charge on any atom is 0.252 e. The third kappa shape index (κ3) is 7.00. The molecule has 0 spiro atoms. The summed E-state index contributed by atoms with van der Waals surface area (Å²) >= 11 is 16.7. The van der Waals surface area contributed by atoms with Gasteiger partial charge in [0.2, 0.25) is 0 Å². The Morgan fingerprint density at radius 3 is 2.03 bits per heavy atom. The van der Waals surface area contributed by atoms with Crippen molar-refractivity contribution in [1.29, 1.82) is 0 Å². The van der Waals surface area contributed by atoms with Gasteiger partial charge in [-0.2, -0.15) is 5.10 Å². The topological polar surface area (TPSA) is 50.7 Å². The van der Waals surface area contributed by atoms with Crippen LogP contribution < -0.4 is 10.2 Å². The monoisotopic (exact) mass is 740 g/mol. The zero-order chi connectivity index (χ0) is 25.5. The maximum atomic E-state index is 13.1. The molecule has 0 unspecified atom stereocenters. The number of carbonyl (C=O) groups is 1. The highest BCUT2D eigenvalue weighted by Gasteiger charge is 2.22. The summed E-state index contributed by atoms with van der Waals surface area (Å²) in [5.41, 5.74) is 6.22. The van der Waals surface area contributed by atoms with Crippen molar-refractivity contribution in [3.8, 4) is 5.75 Å². The molecule has 0 aliphatic rings. The molecule has 0 fully saturated rings. The van der Waals surface area contributed by atoms with E-state index in [2.05, 4.69) is 55.7 Å². The van der Waals surface area contributed by atoms with Crippen LogP contribution in [-0.4, -0.2) is 12.1 Å². The summed E-state index contributed by atoms with van der Waals surface area (Å²) in [6.07, 6.45) is 1.63. The van der Waals surface area contributed by atoms with Gasteiger partial charge in [-0.15, -0.1) is 0 Å². The number of hydrogen-bond donors (Lipinski definition) is 1. The highest BCUT2D eigenvalue weighted by molar-refractivity contribution is 14.1. The molecule has 4 aromatic rings. The Hall–Kier alpha value is -2.14. The fourth-order valence-corrected chi connectivity index (χ4v) is 6.19. The first-order valence-electron chi connectivity index (χ1n) is 10.9. The number of carbonyl (C=O) groups excluding carboxylic acids is 1. The highest BCUT2D eigenvalue weighted by Crippen LogP contribution is 2.31. The van der Waals surface area contributed by atoms with E-state index in [1.54, 1.807) is 18.3 Å². The van der Waals surface area contributed by atoms with Crippen molar-refractivity contribution in [2.75, 3.05) is 0 Å². The number of nitrogens with one attached hydrogen (secondary N) is 1. The van der Waals surface area contributed by atoms with E-state index in [-0.39, 0.29) is 5.91 Å². The lowest BCUT2D eigenvalue weighted by Crippen LogP contribution is -2.26. The van der Waals surface area contributed by atoms with E-state index in [1.165, 1.54) is 0 Å². The highest BCUT2D eigenvalue weighted by atomic mass is 127. The molecule has 4 nitrogen and oxygen atoms in total. The number of hydrazone groups is 1. The van der Waals surface area contributed by atoms with Gasteiger partial charge in [0.25, 0.3) is 5.91 Å². The van der Waals surface area contributed by atoms with Gasteiger partial charge in [0, 0.05) is 15.6 Å². The maximum absolute atomic E-state index is 13.1. The molecule has 0 saturated carbocycles. The summed E-state index contributed by atoms with van der Waals surface area (Å²) in [6.45, 7) is 0.325. The second-order valence-corrected chi connectivity index (χ2v) is 11.0. The smallest absolute Gasteiger partial charge is 0.252 e. The molecule has 0 aliphatic heterocycles. The van der Waals surface area contributed by atoms with E-state index >= 15 is 0 Å². The van der Waals surface area contributed by atoms with Crippen LogP contribution in [0.25, 0.3) is 0 Å². The van der Waals surface area contributed by atoms with Gasteiger partial charge < -0.3 is 4.74 Å². The van der Waals surface area contributed by atoms with E-state index in [0.717, 1.165) is 35.1 Å². The molecular weight excluding hydrogens is 721 g/mol. The van der Waals surface area contributed by atoms with Crippen LogP contribution in [0, 0.1) is 7.14 Å². The van der Waals surface area contributed by atoms with Gasteiger partial charge in [0.15, 0.2) is 0 Å². The number of benzene rings is 4. The fourth-order valence-electron chi connectivity index (χ4n) is 3.60. The van der Waals surface area contributed by atoms with Crippen LogP contribution in [0.15, 0.2) is 96.1 Å². The van der Waals surface area contributed by atoms with Gasteiger partial charge in [0.1, 0.15) is 12.4 Å². The Labute approximate surface area is 247 Å². The Balaban J connectivity index is 1.46. The van der Waals surface area contributed by atoms with Gasteiger partial charge in [-0.3, -0.25) is 4.79 Å². The van der Waals surface area contributed by atoms with Crippen LogP contribution in [0.3, 0.4) is 0 Å². The van der Waals surface area contributed by atoms with Gasteiger partial charge in [-0.25, -0.2) is 5.43 Å². The van der Waals surface area contributed by atoms with E-state index in [1.807, 2.05) is 78.9 Å². The lowest BCUT2D eigenvalue weighted by molar-refractivity contribution is -0.121.